The molecule has 2 aromatic carbocycles. The zero-order chi connectivity index (χ0) is 16.4. The van der Waals surface area contributed by atoms with Gasteiger partial charge in [0.1, 0.15) is 18.0 Å². The van der Waals surface area contributed by atoms with Crippen molar-refractivity contribution in [2.75, 3.05) is 16.8 Å². The molecule has 1 aliphatic heterocycles. The Morgan fingerprint density at radius 2 is 1.75 bits per heavy atom. The molecular weight excluding hydrogens is 320 g/mol. The number of anilines is 3. The van der Waals surface area contributed by atoms with Crippen LogP contribution in [0.5, 0.6) is 0 Å². The molecule has 0 spiro atoms. The second-order valence-electron chi connectivity index (χ2n) is 5.83. The predicted molar refractivity (Wildman–Crippen MR) is 98.0 cm³/mol. The van der Waals surface area contributed by atoms with Crippen LogP contribution in [0.2, 0.25) is 5.02 Å². The average Bonchev–Trinajstić information content (AvgIpc) is 2.63. The van der Waals surface area contributed by atoms with Crippen molar-refractivity contribution in [3.05, 3.63) is 77.1 Å². The van der Waals surface area contributed by atoms with Crippen molar-refractivity contribution in [1.29, 1.82) is 0 Å². The van der Waals surface area contributed by atoms with Gasteiger partial charge in [0.2, 0.25) is 0 Å². The molecule has 5 heteroatoms. The van der Waals surface area contributed by atoms with Gasteiger partial charge >= 0.3 is 0 Å². The lowest BCUT2D eigenvalue weighted by Gasteiger charge is -2.29. The van der Waals surface area contributed by atoms with Gasteiger partial charge in [-0.3, -0.25) is 0 Å². The molecule has 1 aromatic heterocycles. The topological polar surface area (TPSA) is 41.0 Å². The molecule has 120 valence electrons. The molecule has 2 heterocycles. The highest BCUT2D eigenvalue weighted by Gasteiger charge is 2.17. The van der Waals surface area contributed by atoms with Gasteiger partial charge in [0.05, 0.1) is 0 Å². The molecule has 0 radical (unpaired) electrons. The number of hydrogen-bond acceptors (Lipinski definition) is 4. The van der Waals surface area contributed by atoms with Crippen molar-refractivity contribution in [1.82, 2.24) is 9.97 Å². The lowest BCUT2D eigenvalue weighted by Crippen LogP contribution is -2.31. The maximum Gasteiger partial charge on any atom is 0.135 e. The Hall–Kier alpha value is -2.59. The molecule has 4 rings (SSSR count). The summed E-state index contributed by atoms with van der Waals surface area (Å²) in [5.74, 6) is 1.72. The molecule has 4 nitrogen and oxygen atoms in total. The molecule has 24 heavy (non-hydrogen) atoms. The van der Waals surface area contributed by atoms with Crippen LogP contribution < -0.4 is 10.2 Å². The van der Waals surface area contributed by atoms with Crippen molar-refractivity contribution < 1.29 is 0 Å². The van der Waals surface area contributed by atoms with Crippen LogP contribution in [0.25, 0.3) is 0 Å². The summed E-state index contributed by atoms with van der Waals surface area (Å²) >= 11 is 5.92. The summed E-state index contributed by atoms with van der Waals surface area (Å²) in [6.07, 6.45) is 2.65. The molecule has 0 bridgehead atoms. The largest absolute Gasteiger partial charge is 0.352 e. The SMILES string of the molecule is Clc1ccc(Nc2cc(N3CCc4ccccc4C3)ncn2)cc1. The van der Waals surface area contributed by atoms with Gasteiger partial charge in [-0.1, -0.05) is 35.9 Å². The van der Waals surface area contributed by atoms with E-state index in [0.717, 1.165) is 41.9 Å². The van der Waals surface area contributed by atoms with Crippen LogP contribution in [-0.4, -0.2) is 16.5 Å². The van der Waals surface area contributed by atoms with E-state index in [1.54, 1.807) is 6.33 Å². The minimum Gasteiger partial charge on any atom is -0.352 e. The Balaban J connectivity index is 1.54. The monoisotopic (exact) mass is 336 g/mol. The van der Waals surface area contributed by atoms with E-state index in [4.69, 9.17) is 11.6 Å². The highest BCUT2D eigenvalue weighted by molar-refractivity contribution is 6.30. The minimum absolute atomic E-state index is 0.718. The lowest BCUT2D eigenvalue weighted by molar-refractivity contribution is 0.719. The van der Waals surface area contributed by atoms with Gasteiger partial charge in [-0.05, 0) is 41.8 Å². The van der Waals surface area contributed by atoms with Crippen LogP contribution >= 0.6 is 11.6 Å². The van der Waals surface area contributed by atoms with Crippen molar-refractivity contribution >= 4 is 28.9 Å². The molecule has 0 fully saturated rings. The average molecular weight is 337 g/mol. The normalized spacial score (nSPS) is 13.5. The molecular formula is C19H17ClN4. The Kier molecular flexibility index (Phi) is 4.05. The summed E-state index contributed by atoms with van der Waals surface area (Å²) in [5, 5.41) is 4.01. The highest BCUT2D eigenvalue weighted by Crippen LogP contribution is 2.25. The first-order valence-corrected chi connectivity index (χ1v) is 8.32. The van der Waals surface area contributed by atoms with Gasteiger partial charge in [0.25, 0.3) is 0 Å². The van der Waals surface area contributed by atoms with Crippen LogP contribution in [0.3, 0.4) is 0 Å². The number of benzene rings is 2. The molecule has 0 aliphatic carbocycles. The van der Waals surface area contributed by atoms with E-state index < -0.39 is 0 Å². The third kappa shape index (κ3) is 3.19. The number of nitrogens with zero attached hydrogens (tertiary/aromatic N) is 3. The molecule has 0 atom stereocenters. The summed E-state index contributed by atoms with van der Waals surface area (Å²) in [6, 6.07) is 18.2. The zero-order valence-corrected chi connectivity index (χ0v) is 13.9. The summed E-state index contributed by atoms with van der Waals surface area (Å²) in [7, 11) is 0. The van der Waals surface area contributed by atoms with E-state index >= 15 is 0 Å². The predicted octanol–water partition coefficient (Wildman–Crippen LogP) is 4.44. The van der Waals surface area contributed by atoms with E-state index in [1.807, 2.05) is 30.3 Å². The maximum absolute atomic E-state index is 5.92. The first-order chi connectivity index (χ1) is 11.8. The van der Waals surface area contributed by atoms with Crippen LogP contribution in [-0.2, 0) is 13.0 Å². The van der Waals surface area contributed by atoms with Crippen LogP contribution in [0.1, 0.15) is 11.1 Å². The number of fused-ring (bicyclic) bond motifs is 1. The number of halogens is 1. The molecule has 0 amide bonds. The second-order valence-corrected chi connectivity index (χ2v) is 6.27. The van der Waals surface area contributed by atoms with Gasteiger partial charge in [-0.25, -0.2) is 9.97 Å². The number of hydrogen-bond donors (Lipinski definition) is 1. The van der Waals surface area contributed by atoms with Gasteiger partial charge < -0.3 is 10.2 Å². The molecule has 0 saturated carbocycles. The van der Waals surface area contributed by atoms with E-state index in [2.05, 4.69) is 44.5 Å². The summed E-state index contributed by atoms with van der Waals surface area (Å²) in [6.45, 7) is 1.85. The zero-order valence-electron chi connectivity index (χ0n) is 13.1. The van der Waals surface area contributed by atoms with Crippen LogP contribution in [0.15, 0.2) is 60.9 Å². The minimum atomic E-state index is 0.718. The van der Waals surface area contributed by atoms with Gasteiger partial charge in [0.15, 0.2) is 0 Å². The smallest absolute Gasteiger partial charge is 0.135 e. The Morgan fingerprint density at radius 3 is 2.58 bits per heavy atom. The fraction of sp³-hybridized carbons (Fsp3) is 0.158. The quantitative estimate of drug-likeness (QED) is 0.768. The standard InChI is InChI=1S/C19H17ClN4/c20-16-5-7-17(8-6-16)23-18-11-19(22-13-21-18)24-10-9-14-3-1-2-4-15(14)12-24/h1-8,11,13H,9-10,12H2,(H,21,22,23). The summed E-state index contributed by atoms with van der Waals surface area (Å²) in [5.41, 5.74) is 3.75. The van der Waals surface area contributed by atoms with Gasteiger partial charge in [0, 0.05) is 29.9 Å². The molecule has 3 aromatic rings. The van der Waals surface area contributed by atoms with E-state index in [9.17, 15) is 0 Å². The van der Waals surface area contributed by atoms with Crippen LogP contribution in [0.4, 0.5) is 17.3 Å². The molecule has 0 unspecified atom stereocenters. The third-order valence-corrected chi connectivity index (χ3v) is 4.48. The first-order valence-electron chi connectivity index (χ1n) is 7.94. The Bertz CT molecular complexity index is 848. The first kappa shape index (κ1) is 15.0. The lowest BCUT2D eigenvalue weighted by atomic mass is 10.00. The Labute approximate surface area is 146 Å². The molecule has 0 saturated heterocycles. The number of nitrogens with one attached hydrogen (secondary N) is 1. The molecule has 1 aliphatic rings. The fourth-order valence-electron chi connectivity index (χ4n) is 2.96. The van der Waals surface area contributed by atoms with Crippen molar-refractivity contribution in [3.63, 3.8) is 0 Å². The van der Waals surface area contributed by atoms with E-state index in [-0.39, 0.29) is 0 Å². The maximum atomic E-state index is 5.92. The second kappa shape index (κ2) is 6.49. The van der Waals surface area contributed by atoms with Crippen LogP contribution in [0, 0.1) is 0 Å². The molecule has 1 N–H and O–H groups in total. The van der Waals surface area contributed by atoms with Crippen molar-refractivity contribution in [2.24, 2.45) is 0 Å². The summed E-state index contributed by atoms with van der Waals surface area (Å²) in [4.78, 5) is 11.0. The third-order valence-electron chi connectivity index (χ3n) is 4.22. The van der Waals surface area contributed by atoms with E-state index in [0.29, 0.717) is 0 Å². The fourth-order valence-corrected chi connectivity index (χ4v) is 3.09. The Morgan fingerprint density at radius 1 is 0.958 bits per heavy atom. The van der Waals surface area contributed by atoms with Crippen molar-refractivity contribution in [2.45, 2.75) is 13.0 Å². The number of rotatable bonds is 3. The number of aromatic nitrogens is 2. The van der Waals surface area contributed by atoms with Gasteiger partial charge in [-0.15, -0.1) is 0 Å². The summed E-state index contributed by atoms with van der Waals surface area (Å²) < 4.78 is 0. The van der Waals surface area contributed by atoms with E-state index in [1.165, 1.54) is 11.1 Å². The van der Waals surface area contributed by atoms with Gasteiger partial charge in [-0.2, -0.15) is 0 Å². The highest BCUT2D eigenvalue weighted by atomic mass is 35.5. The van der Waals surface area contributed by atoms with Crippen molar-refractivity contribution in [3.8, 4) is 0 Å².